The lowest BCUT2D eigenvalue weighted by Gasteiger charge is -2.27. The maximum Gasteiger partial charge on any atom is 0.353 e. The SMILES string of the molecule is CC(=O)N(C)C(C(=O)ONS(=O)[O-])c1ccccc1S(C)(=O)=O. The number of carbonyl (C=O) groups excluding carboxylic acids is 2. The number of amides is 1. The van der Waals surface area contributed by atoms with E-state index in [2.05, 4.69) is 4.84 Å². The smallest absolute Gasteiger partial charge is 0.353 e. The topological polar surface area (TPSA) is 133 Å². The molecule has 0 heterocycles. The third kappa shape index (κ3) is 5.10. The minimum absolute atomic E-state index is 0.00354. The molecule has 1 N–H and O–H groups in total. The van der Waals surface area contributed by atoms with Gasteiger partial charge in [-0.3, -0.25) is 9.00 Å². The van der Waals surface area contributed by atoms with Crippen LogP contribution in [0, 0.1) is 0 Å². The maximum atomic E-state index is 12.1. The van der Waals surface area contributed by atoms with Crippen LogP contribution in [0.3, 0.4) is 0 Å². The predicted octanol–water partition coefficient (Wildman–Crippen LogP) is -0.549. The number of hydrogen-bond donors (Lipinski definition) is 1. The molecule has 0 radical (unpaired) electrons. The molecule has 1 aromatic carbocycles. The van der Waals surface area contributed by atoms with Gasteiger partial charge in [-0.2, -0.15) is 0 Å². The van der Waals surface area contributed by atoms with Crippen LogP contribution in [-0.2, 0) is 35.5 Å². The third-order valence-electron chi connectivity index (χ3n) is 2.93. The summed E-state index contributed by atoms with van der Waals surface area (Å²) in [5.41, 5.74) is -0.00354. The van der Waals surface area contributed by atoms with Crippen molar-refractivity contribution in [3.8, 4) is 0 Å². The van der Waals surface area contributed by atoms with E-state index in [0.29, 0.717) is 0 Å². The van der Waals surface area contributed by atoms with Crippen molar-refractivity contribution in [1.82, 2.24) is 9.79 Å². The summed E-state index contributed by atoms with van der Waals surface area (Å²) in [7, 11) is -2.43. The van der Waals surface area contributed by atoms with Gasteiger partial charge in [0.15, 0.2) is 15.9 Å². The molecule has 0 saturated carbocycles. The summed E-state index contributed by atoms with van der Waals surface area (Å²) in [6.45, 7) is 1.17. The first kappa shape index (κ1) is 19.2. The summed E-state index contributed by atoms with van der Waals surface area (Å²) in [5, 5.41) is 0. The standard InChI is InChI=1S/C12H16N2O7S2/c1-8(15)14(2)11(12(16)21-13-22(17)18)9-6-4-5-7-10(9)23(3,19)20/h4-7,11,13H,1-3H3,(H,17,18)/p-1. The van der Waals surface area contributed by atoms with Gasteiger partial charge in [0, 0.05) is 25.8 Å². The minimum Gasteiger partial charge on any atom is -0.758 e. The third-order valence-corrected chi connectivity index (χ3v) is 4.32. The Kier molecular flexibility index (Phi) is 6.38. The van der Waals surface area contributed by atoms with E-state index in [0.717, 1.165) is 11.2 Å². The lowest BCUT2D eigenvalue weighted by atomic mass is 10.1. The molecule has 0 aliphatic carbocycles. The largest absolute Gasteiger partial charge is 0.758 e. The van der Waals surface area contributed by atoms with Crippen molar-refractivity contribution < 1.29 is 31.6 Å². The molecule has 0 saturated heterocycles. The Hall–Kier alpha value is -1.82. The van der Waals surface area contributed by atoms with Crippen LogP contribution < -0.4 is 4.89 Å². The van der Waals surface area contributed by atoms with Gasteiger partial charge >= 0.3 is 5.97 Å². The Balaban J connectivity index is 3.39. The van der Waals surface area contributed by atoms with Gasteiger partial charge in [0.1, 0.15) is 0 Å². The molecule has 0 fully saturated rings. The summed E-state index contributed by atoms with van der Waals surface area (Å²) >= 11 is -2.87. The zero-order valence-corrected chi connectivity index (χ0v) is 14.1. The lowest BCUT2D eigenvalue weighted by Crippen LogP contribution is -2.38. The molecule has 0 aliphatic heterocycles. The van der Waals surface area contributed by atoms with Gasteiger partial charge in [0.05, 0.1) is 16.2 Å². The molecule has 9 nitrogen and oxygen atoms in total. The van der Waals surface area contributed by atoms with E-state index in [-0.39, 0.29) is 10.5 Å². The van der Waals surface area contributed by atoms with Crippen molar-refractivity contribution in [2.24, 2.45) is 0 Å². The number of hydrogen-bond acceptors (Lipinski definition) is 7. The molecule has 23 heavy (non-hydrogen) atoms. The van der Waals surface area contributed by atoms with Gasteiger partial charge in [-0.25, -0.2) is 13.2 Å². The molecule has 0 aromatic heterocycles. The van der Waals surface area contributed by atoms with Gasteiger partial charge < -0.3 is 14.3 Å². The molecule has 11 heteroatoms. The van der Waals surface area contributed by atoms with Gasteiger partial charge in [-0.1, -0.05) is 23.1 Å². The first-order valence-electron chi connectivity index (χ1n) is 6.13. The Labute approximate surface area is 135 Å². The van der Waals surface area contributed by atoms with E-state index in [4.69, 9.17) is 0 Å². The van der Waals surface area contributed by atoms with Crippen molar-refractivity contribution in [2.45, 2.75) is 17.9 Å². The van der Waals surface area contributed by atoms with E-state index in [1.165, 1.54) is 43.1 Å². The van der Waals surface area contributed by atoms with Crippen LogP contribution >= 0.6 is 0 Å². The summed E-state index contributed by atoms with van der Waals surface area (Å²) in [6, 6.07) is 4.13. The molecular formula is C12H15N2O7S2-. The number of sulfone groups is 1. The number of likely N-dealkylation sites (N-methyl/N-ethyl adjacent to an activating group) is 1. The maximum absolute atomic E-state index is 12.1. The van der Waals surface area contributed by atoms with Gasteiger partial charge in [-0.05, 0) is 6.07 Å². The molecule has 1 aromatic rings. The lowest BCUT2D eigenvalue weighted by molar-refractivity contribution is -0.157. The molecule has 1 rings (SSSR count). The van der Waals surface area contributed by atoms with Crippen molar-refractivity contribution in [2.75, 3.05) is 13.3 Å². The second-order valence-electron chi connectivity index (χ2n) is 4.58. The Bertz CT molecular complexity index is 733. The first-order chi connectivity index (χ1) is 10.6. The second kappa shape index (κ2) is 7.64. The van der Waals surface area contributed by atoms with E-state index in [1.54, 1.807) is 0 Å². The number of nitrogens with one attached hydrogen (secondary N) is 1. The molecule has 128 valence electrons. The van der Waals surface area contributed by atoms with Gasteiger partial charge in [-0.15, -0.1) is 0 Å². The van der Waals surface area contributed by atoms with Crippen molar-refractivity contribution in [1.29, 1.82) is 0 Å². The summed E-state index contributed by atoms with van der Waals surface area (Å²) < 4.78 is 44.6. The molecule has 0 bridgehead atoms. The highest BCUT2D eigenvalue weighted by atomic mass is 32.2. The Morgan fingerprint density at radius 2 is 1.91 bits per heavy atom. The van der Waals surface area contributed by atoms with Crippen LogP contribution in [0.25, 0.3) is 0 Å². The molecule has 0 spiro atoms. The van der Waals surface area contributed by atoms with Crippen LogP contribution in [0.1, 0.15) is 18.5 Å². The normalized spacial score (nSPS) is 13.9. The van der Waals surface area contributed by atoms with Gasteiger partial charge in [0.2, 0.25) is 5.91 Å². The Morgan fingerprint density at radius 3 is 2.39 bits per heavy atom. The van der Waals surface area contributed by atoms with E-state index in [1.807, 2.05) is 0 Å². The van der Waals surface area contributed by atoms with Crippen molar-refractivity contribution >= 4 is 33.0 Å². The molecule has 0 aliphatic rings. The predicted molar refractivity (Wildman–Crippen MR) is 78.9 cm³/mol. The van der Waals surface area contributed by atoms with Crippen LogP contribution in [-0.4, -0.2) is 47.3 Å². The number of rotatable bonds is 6. The minimum atomic E-state index is -3.69. The van der Waals surface area contributed by atoms with Gasteiger partial charge in [0.25, 0.3) is 0 Å². The molecule has 1 amide bonds. The fourth-order valence-electron chi connectivity index (χ4n) is 1.85. The number of benzene rings is 1. The second-order valence-corrected chi connectivity index (χ2v) is 7.20. The summed E-state index contributed by atoms with van der Waals surface area (Å²) in [4.78, 5) is 30.3. The quantitative estimate of drug-likeness (QED) is 0.529. The van der Waals surface area contributed by atoms with E-state index in [9.17, 15) is 26.8 Å². The van der Waals surface area contributed by atoms with Crippen LogP contribution in [0.5, 0.6) is 0 Å². The molecule has 2 unspecified atom stereocenters. The average Bonchev–Trinajstić information content (AvgIpc) is 2.44. The Morgan fingerprint density at radius 1 is 1.35 bits per heavy atom. The van der Waals surface area contributed by atoms with Crippen LogP contribution in [0.2, 0.25) is 0 Å². The fourth-order valence-corrected chi connectivity index (χ4v) is 2.93. The zero-order valence-electron chi connectivity index (χ0n) is 12.5. The van der Waals surface area contributed by atoms with E-state index < -0.39 is 39.0 Å². The van der Waals surface area contributed by atoms with Crippen LogP contribution in [0.15, 0.2) is 29.2 Å². The highest BCUT2D eigenvalue weighted by Crippen LogP contribution is 2.27. The number of carbonyl (C=O) groups is 2. The van der Waals surface area contributed by atoms with E-state index >= 15 is 0 Å². The monoisotopic (exact) mass is 363 g/mol. The van der Waals surface area contributed by atoms with Crippen molar-refractivity contribution in [3.63, 3.8) is 0 Å². The number of nitrogens with zero attached hydrogens (tertiary/aromatic N) is 1. The fraction of sp³-hybridized carbons (Fsp3) is 0.333. The molecular weight excluding hydrogens is 348 g/mol. The molecule has 2 atom stereocenters. The zero-order chi connectivity index (χ0) is 17.8. The highest BCUT2D eigenvalue weighted by Gasteiger charge is 2.32. The average molecular weight is 363 g/mol. The highest BCUT2D eigenvalue weighted by molar-refractivity contribution is 7.90. The van der Waals surface area contributed by atoms with Crippen molar-refractivity contribution in [3.05, 3.63) is 29.8 Å². The summed E-state index contributed by atoms with van der Waals surface area (Å²) in [5.74, 6) is -1.69. The summed E-state index contributed by atoms with van der Waals surface area (Å²) in [6.07, 6.45) is 0.951. The first-order valence-corrected chi connectivity index (χ1v) is 9.10. The van der Waals surface area contributed by atoms with Crippen LogP contribution in [0.4, 0.5) is 0 Å².